The highest BCUT2D eigenvalue weighted by molar-refractivity contribution is 6.35. The van der Waals surface area contributed by atoms with E-state index in [9.17, 15) is 4.79 Å². The molecule has 0 aliphatic rings. The van der Waals surface area contributed by atoms with Crippen LogP contribution in [0, 0.1) is 0 Å². The fraction of sp³-hybridized carbons (Fsp3) is 0.364. The minimum Gasteiger partial charge on any atom is -0.310 e. The van der Waals surface area contributed by atoms with E-state index in [0.29, 0.717) is 16.5 Å². The van der Waals surface area contributed by atoms with Gasteiger partial charge < -0.3 is 5.32 Å². The quantitative estimate of drug-likeness (QED) is 0.884. The van der Waals surface area contributed by atoms with E-state index in [-0.39, 0.29) is 11.8 Å². The molecule has 1 aromatic carbocycles. The van der Waals surface area contributed by atoms with E-state index in [1.54, 1.807) is 26.1 Å². The number of halogens is 2. The number of carbonyl (C=O) groups is 1. The minimum atomic E-state index is -0.191. The van der Waals surface area contributed by atoms with Crippen molar-refractivity contribution in [3.8, 4) is 0 Å². The van der Waals surface area contributed by atoms with Crippen LogP contribution in [0.4, 0.5) is 0 Å². The molecular formula is C11H13Cl2NO. The minimum absolute atomic E-state index is 0.100. The Balaban J connectivity index is 2.84. The van der Waals surface area contributed by atoms with Gasteiger partial charge in [0.1, 0.15) is 5.78 Å². The van der Waals surface area contributed by atoms with E-state index in [1.165, 1.54) is 0 Å². The summed E-state index contributed by atoms with van der Waals surface area (Å²) < 4.78 is 0. The van der Waals surface area contributed by atoms with E-state index >= 15 is 0 Å². The van der Waals surface area contributed by atoms with E-state index in [0.717, 1.165) is 5.56 Å². The number of nitrogens with one attached hydrogen (secondary N) is 1. The van der Waals surface area contributed by atoms with Crippen LogP contribution in [0.25, 0.3) is 0 Å². The normalized spacial score (nSPS) is 12.5. The van der Waals surface area contributed by atoms with Gasteiger partial charge in [-0.05, 0) is 38.1 Å². The summed E-state index contributed by atoms with van der Waals surface area (Å²) in [5.41, 5.74) is 0.926. The predicted octanol–water partition coefficient (Wildman–Crippen LogP) is 2.71. The van der Waals surface area contributed by atoms with Crippen LogP contribution in [-0.2, 0) is 11.2 Å². The third-order valence-corrected chi connectivity index (χ3v) is 2.87. The molecule has 1 aromatic rings. The largest absolute Gasteiger partial charge is 0.310 e. The van der Waals surface area contributed by atoms with Crippen LogP contribution in [0.3, 0.4) is 0 Å². The molecule has 0 aliphatic heterocycles. The van der Waals surface area contributed by atoms with Crippen LogP contribution < -0.4 is 5.32 Å². The van der Waals surface area contributed by atoms with Crippen molar-refractivity contribution in [2.24, 2.45) is 0 Å². The second-order valence-corrected chi connectivity index (χ2v) is 4.24. The number of Topliss-reactive ketones (excluding diaryl/α,β-unsaturated/α-hetero) is 1. The van der Waals surface area contributed by atoms with Gasteiger partial charge in [0.2, 0.25) is 0 Å². The van der Waals surface area contributed by atoms with E-state index in [4.69, 9.17) is 23.2 Å². The van der Waals surface area contributed by atoms with Gasteiger partial charge in [-0.15, -0.1) is 0 Å². The molecule has 1 atom stereocenters. The molecular weight excluding hydrogens is 233 g/mol. The lowest BCUT2D eigenvalue weighted by molar-refractivity contribution is -0.118. The smallest absolute Gasteiger partial charge is 0.147 e. The first kappa shape index (κ1) is 12.5. The first-order chi connectivity index (χ1) is 7.04. The number of ketones is 1. The summed E-state index contributed by atoms with van der Waals surface area (Å²) in [6.07, 6.45) is 0.585. The van der Waals surface area contributed by atoms with Crippen molar-refractivity contribution in [3.05, 3.63) is 33.8 Å². The van der Waals surface area contributed by atoms with Crippen LogP contribution >= 0.6 is 23.2 Å². The molecule has 4 heteroatoms. The average Bonchev–Trinajstić information content (AvgIpc) is 2.16. The maximum atomic E-state index is 11.2. The Kier molecular flexibility index (Phi) is 4.58. The zero-order valence-corrected chi connectivity index (χ0v) is 10.2. The molecule has 1 unspecified atom stereocenters. The molecule has 0 bridgehead atoms. The summed E-state index contributed by atoms with van der Waals surface area (Å²) in [6.45, 7) is 1.56. The number of hydrogen-bond acceptors (Lipinski definition) is 2. The third-order valence-electron chi connectivity index (χ3n) is 2.28. The average molecular weight is 246 g/mol. The zero-order chi connectivity index (χ0) is 11.4. The Morgan fingerprint density at radius 1 is 1.47 bits per heavy atom. The van der Waals surface area contributed by atoms with Gasteiger partial charge in [0.15, 0.2) is 0 Å². The van der Waals surface area contributed by atoms with Crippen molar-refractivity contribution in [2.45, 2.75) is 19.4 Å². The van der Waals surface area contributed by atoms with Crippen LogP contribution in [0.5, 0.6) is 0 Å². The first-order valence-corrected chi connectivity index (χ1v) is 5.42. The predicted molar refractivity (Wildman–Crippen MR) is 63.7 cm³/mol. The second kappa shape index (κ2) is 5.50. The second-order valence-electron chi connectivity index (χ2n) is 3.39. The summed E-state index contributed by atoms with van der Waals surface area (Å²) in [5.74, 6) is 0.100. The van der Waals surface area contributed by atoms with E-state index < -0.39 is 0 Å². The molecule has 0 amide bonds. The SMILES string of the molecule is CNC(Cc1ccc(Cl)cc1Cl)C(C)=O. The number of benzene rings is 1. The summed E-state index contributed by atoms with van der Waals surface area (Å²) in [4.78, 5) is 11.2. The molecule has 15 heavy (non-hydrogen) atoms. The van der Waals surface area contributed by atoms with Gasteiger partial charge in [0.05, 0.1) is 6.04 Å². The molecule has 0 heterocycles. The molecule has 0 spiro atoms. The number of rotatable bonds is 4. The van der Waals surface area contributed by atoms with Gasteiger partial charge in [0, 0.05) is 10.0 Å². The van der Waals surface area contributed by atoms with Crippen molar-refractivity contribution in [1.29, 1.82) is 0 Å². The fourth-order valence-corrected chi connectivity index (χ4v) is 1.84. The van der Waals surface area contributed by atoms with E-state index in [2.05, 4.69) is 5.32 Å². The number of carbonyl (C=O) groups excluding carboxylic acids is 1. The highest BCUT2D eigenvalue weighted by atomic mass is 35.5. The zero-order valence-electron chi connectivity index (χ0n) is 8.68. The Labute approximate surface area is 99.6 Å². The lowest BCUT2D eigenvalue weighted by Gasteiger charge is -2.13. The topological polar surface area (TPSA) is 29.1 Å². The van der Waals surface area contributed by atoms with Crippen molar-refractivity contribution >= 4 is 29.0 Å². The van der Waals surface area contributed by atoms with E-state index in [1.807, 2.05) is 6.07 Å². The molecule has 0 saturated heterocycles. The monoisotopic (exact) mass is 245 g/mol. The highest BCUT2D eigenvalue weighted by Crippen LogP contribution is 2.22. The fourth-order valence-electron chi connectivity index (χ4n) is 1.36. The van der Waals surface area contributed by atoms with Gasteiger partial charge in [-0.3, -0.25) is 4.79 Å². The Morgan fingerprint density at radius 3 is 2.60 bits per heavy atom. The standard InChI is InChI=1S/C11H13Cl2NO/c1-7(15)11(14-2)5-8-3-4-9(12)6-10(8)13/h3-4,6,11,14H,5H2,1-2H3. The van der Waals surface area contributed by atoms with Gasteiger partial charge in [-0.1, -0.05) is 29.3 Å². The summed E-state index contributed by atoms with van der Waals surface area (Å²) in [5, 5.41) is 4.16. The lowest BCUT2D eigenvalue weighted by atomic mass is 10.0. The van der Waals surface area contributed by atoms with Gasteiger partial charge in [-0.25, -0.2) is 0 Å². The molecule has 82 valence electrons. The van der Waals surface area contributed by atoms with Crippen LogP contribution in [-0.4, -0.2) is 18.9 Å². The summed E-state index contributed by atoms with van der Waals surface area (Å²) in [6, 6.07) is 5.11. The molecule has 2 nitrogen and oxygen atoms in total. The maximum absolute atomic E-state index is 11.2. The van der Waals surface area contributed by atoms with Crippen LogP contribution in [0.15, 0.2) is 18.2 Å². The highest BCUT2D eigenvalue weighted by Gasteiger charge is 2.13. The molecule has 0 saturated carbocycles. The Hall–Kier alpha value is -0.570. The molecule has 0 radical (unpaired) electrons. The summed E-state index contributed by atoms with van der Waals surface area (Å²) >= 11 is 11.8. The number of hydrogen-bond donors (Lipinski definition) is 1. The first-order valence-electron chi connectivity index (χ1n) is 4.66. The van der Waals surface area contributed by atoms with Crippen molar-refractivity contribution in [1.82, 2.24) is 5.32 Å². The van der Waals surface area contributed by atoms with Crippen molar-refractivity contribution in [2.75, 3.05) is 7.05 Å². The third kappa shape index (κ3) is 3.49. The molecule has 1 rings (SSSR count). The van der Waals surface area contributed by atoms with Gasteiger partial charge in [0.25, 0.3) is 0 Å². The lowest BCUT2D eigenvalue weighted by Crippen LogP contribution is -2.34. The van der Waals surface area contributed by atoms with Crippen LogP contribution in [0.2, 0.25) is 10.0 Å². The van der Waals surface area contributed by atoms with Crippen LogP contribution in [0.1, 0.15) is 12.5 Å². The Morgan fingerprint density at radius 2 is 2.13 bits per heavy atom. The molecule has 0 fully saturated rings. The number of likely N-dealkylation sites (N-methyl/N-ethyl adjacent to an activating group) is 1. The van der Waals surface area contributed by atoms with Crippen molar-refractivity contribution in [3.63, 3.8) is 0 Å². The van der Waals surface area contributed by atoms with Gasteiger partial charge >= 0.3 is 0 Å². The summed E-state index contributed by atoms with van der Waals surface area (Å²) in [7, 11) is 1.76. The Bertz CT molecular complexity index is 366. The maximum Gasteiger partial charge on any atom is 0.147 e. The van der Waals surface area contributed by atoms with Crippen molar-refractivity contribution < 1.29 is 4.79 Å². The molecule has 1 N–H and O–H groups in total. The molecule has 0 aromatic heterocycles. The molecule has 0 aliphatic carbocycles. The van der Waals surface area contributed by atoms with Gasteiger partial charge in [-0.2, -0.15) is 0 Å².